The van der Waals surface area contributed by atoms with Crippen LogP contribution < -0.4 is 4.90 Å². The van der Waals surface area contributed by atoms with Crippen LogP contribution in [0.2, 0.25) is 0 Å². The Morgan fingerprint density at radius 2 is 1.94 bits per heavy atom. The Kier molecular flexibility index (Phi) is 3.17. The number of aromatic hydroxyl groups is 2. The standard InChI is InChI=1S/C13H18N2O3/c1-8(16)15-7-10(14(2)3)4-9-5-12(17)13(18)6-11(9)15/h5-6,10,17-18H,4,7H2,1-3H3. The molecule has 1 unspecified atom stereocenters. The number of amides is 1. The minimum atomic E-state index is -0.191. The predicted octanol–water partition coefficient (Wildman–Crippen LogP) is 0.937. The van der Waals surface area contributed by atoms with E-state index in [2.05, 4.69) is 4.90 Å². The van der Waals surface area contributed by atoms with Gasteiger partial charge in [-0.25, -0.2) is 0 Å². The molecule has 1 amide bonds. The average molecular weight is 250 g/mol. The van der Waals surface area contributed by atoms with Gasteiger partial charge in [0, 0.05) is 25.6 Å². The topological polar surface area (TPSA) is 64.0 Å². The lowest BCUT2D eigenvalue weighted by atomic mass is 9.96. The summed E-state index contributed by atoms with van der Waals surface area (Å²) < 4.78 is 0. The summed E-state index contributed by atoms with van der Waals surface area (Å²) in [5, 5.41) is 19.1. The number of likely N-dealkylation sites (N-methyl/N-ethyl adjacent to an activating group) is 1. The molecule has 1 heterocycles. The average Bonchev–Trinajstić information content (AvgIpc) is 2.29. The number of nitrogens with zero attached hydrogens (tertiary/aromatic N) is 2. The van der Waals surface area contributed by atoms with Gasteiger partial charge in [0.2, 0.25) is 5.91 Å². The van der Waals surface area contributed by atoms with Crippen LogP contribution in [0.1, 0.15) is 12.5 Å². The normalized spacial score (nSPS) is 18.9. The van der Waals surface area contributed by atoms with E-state index in [0.29, 0.717) is 12.2 Å². The van der Waals surface area contributed by atoms with Crippen LogP contribution in [-0.2, 0) is 11.2 Å². The van der Waals surface area contributed by atoms with Gasteiger partial charge in [0.25, 0.3) is 0 Å². The molecule has 0 saturated heterocycles. The number of benzene rings is 1. The zero-order chi connectivity index (χ0) is 13.4. The lowest BCUT2D eigenvalue weighted by Crippen LogP contribution is -2.47. The van der Waals surface area contributed by atoms with Gasteiger partial charge in [-0.2, -0.15) is 0 Å². The van der Waals surface area contributed by atoms with E-state index in [1.807, 2.05) is 14.1 Å². The van der Waals surface area contributed by atoms with Crippen LogP contribution in [0.5, 0.6) is 11.5 Å². The Morgan fingerprint density at radius 1 is 1.33 bits per heavy atom. The van der Waals surface area contributed by atoms with E-state index in [0.717, 1.165) is 12.0 Å². The molecule has 2 N–H and O–H groups in total. The van der Waals surface area contributed by atoms with Gasteiger partial charge >= 0.3 is 0 Å². The number of carbonyl (C=O) groups is 1. The summed E-state index contributed by atoms with van der Waals surface area (Å²) in [7, 11) is 3.93. The molecular formula is C13H18N2O3. The number of phenolic OH excluding ortho intramolecular Hbond substituents is 2. The molecule has 0 spiro atoms. The van der Waals surface area contributed by atoms with Crippen LogP contribution in [-0.4, -0.2) is 47.7 Å². The molecule has 0 bridgehead atoms. The Morgan fingerprint density at radius 3 is 2.50 bits per heavy atom. The highest BCUT2D eigenvalue weighted by atomic mass is 16.3. The zero-order valence-electron chi connectivity index (χ0n) is 10.8. The molecule has 98 valence electrons. The van der Waals surface area contributed by atoms with Crippen molar-refractivity contribution in [3.8, 4) is 11.5 Å². The van der Waals surface area contributed by atoms with Gasteiger partial charge in [0.15, 0.2) is 11.5 Å². The molecule has 2 rings (SSSR count). The molecule has 1 aromatic rings. The minimum Gasteiger partial charge on any atom is -0.504 e. The summed E-state index contributed by atoms with van der Waals surface area (Å²) >= 11 is 0. The smallest absolute Gasteiger partial charge is 0.223 e. The second-order valence-corrected chi connectivity index (χ2v) is 4.92. The van der Waals surface area contributed by atoms with Crippen LogP contribution in [0.3, 0.4) is 0 Å². The number of hydrogen-bond donors (Lipinski definition) is 2. The summed E-state index contributed by atoms with van der Waals surface area (Å²) in [6.07, 6.45) is 0.750. The monoisotopic (exact) mass is 250 g/mol. The second-order valence-electron chi connectivity index (χ2n) is 4.92. The predicted molar refractivity (Wildman–Crippen MR) is 69.0 cm³/mol. The fraction of sp³-hybridized carbons (Fsp3) is 0.462. The molecule has 1 aliphatic rings. The summed E-state index contributed by atoms with van der Waals surface area (Å²) in [4.78, 5) is 15.4. The summed E-state index contributed by atoms with van der Waals surface area (Å²) in [6, 6.07) is 3.21. The Labute approximate surface area is 106 Å². The molecule has 5 nitrogen and oxygen atoms in total. The number of hydrogen-bond acceptors (Lipinski definition) is 4. The first-order chi connectivity index (χ1) is 8.40. The lowest BCUT2D eigenvalue weighted by molar-refractivity contribution is -0.116. The molecule has 1 aromatic carbocycles. The SMILES string of the molecule is CC(=O)N1CC(N(C)C)Cc2cc(O)c(O)cc21. The van der Waals surface area contributed by atoms with E-state index in [9.17, 15) is 15.0 Å². The highest BCUT2D eigenvalue weighted by molar-refractivity contribution is 5.93. The van der Waals surface area contributed by atoms with E-state index in [4.69, 9.17) is 0 Å². The first-order valence-electron chi connectivity index (χ1n) is 5.89. The Hall–Kier alpha value is -1.75. The van der Waals surface area contributed by atoms with Crippen molar-refractivity contribution in [1.82, 2.24) is 4.90 Å². The van der Waals surface area contributed by atoms with Crippen molar-refractivity contribution in [2.75, 3.05) is 25.5 Å². The summed E-state index contributed by atoms with van der Waals surface area (Å²) in [5.74, 6) is -0.396. The molecule has 1 aliphatic heterocycles. The molecule has 5 heteroatoms. The maximum absolute atomic E-state index is 11.7. The van der Waals surface area contributed by atoms with Crippen molar-refractivity contribution in [3.05, 3.63) is 17.7 Å². The number of fused-ring (bicyclic) bond motifs is 1. The fourth-order valence-corrected chi connectivity index (χ4v) is 2.30. The number of anilines is 1. The largest absolute Gasteiger partial charge is 0.504 e. The molecule has 0 saturated carbocycles. The fourth-order valence-electron chi connectivity index (χ4n) is 2.30. The van der Waals surface area contributed by atoms with Crippen molar-refractivity contribution in [3.63, 3.8) is 0 Å². The van der Waals surface area contributed by atoms with Crippen molar-refractivity contribution in [2.24, 2.45) is 0 Å². The Balaban J connectivity index is 2.48. The van der Waals surface area contributed by atoms with E-state index < -0.39 is 0 Å². The van der Waals surface area contributed by atoms with Gasteiger partial charge in [-0.05, 0) is 32.1 Å². The van der Waals surface area contributed by atoms with Gasteiger partial charge in [0.1, 0.15) is 0 Å². The highest BCUT2D eigenvalue weighted by Crippen LogP contribution is 2.37. The van der Waals surface area contributed by atoms with Crippen molar-refractivity contribution < 1.29 is 15.0 Å². The number of rotatable bonds is 1. The molecule has 0 aromatic heterocycles. The maximum Gasteiger partial charge on any atom is 0.223 e. The van der Waals surface area contributed by atoms with E-state index in [-0.39, 0.29) is 23.4 Å². The van der Waals surface area contributed by atoms with E-state index in [1.54, 1.807) is 4.90 Å². The van der Waals surface area contributed by atoms with Crippen LogP contribution >= 0.6 is 0 Å². The van der Waals surface area contributed by atoms with E-state index in [1.165, 1.54) is 19.1 Å². The third kappa shape index (κ3) is 2.13. The third-order valence-corrected chi connectivity index (χ3v) is 3.43. The maximum atomic E-state index is 11.7. The van der Waals surface area contributed by atoms with Crippen molar-refractivity contribution in [1.29, 1.82) is 0 Å². The van der Waals surface area contributed by atoms with E-state index >= 15 is 0 Å². The van der Waals surface area contributed by atoms with Gasteiger partial charge in [-0.15, -0.1) is 0 Å². The van der Waals surface area contributed by atoms with Crippen LogP contribution in [0.25, 0.3) is 0 Å². The van der Waals surface area contributed by atoms with Crippen LogP contribution in [0, 0.1) is 0 Å². The molecule has 0 fully saturated rings. The second kappa shape index (κ2) is 4.49. The molecule has 18 heavy (non-hydrogen) atoms. The van der Waals surface area contributed by atoms with Gasteiger partial charge < -0.3 is 20.0 Å². The molecule has 0 aliphatic carbocycles. The Bertz CT molecular complexity index is 485. The molecule has 1 atom stereocenters. The third-order valence-electron chi connectivity index (χ3n) is 3.43. The van der Waals surface area contributed by atoms with Crippen molar-refractivity contribution in [2.45, 2.75) is 19.4 Å². The van der Waals surface area contributed by atoms with Crippen LogP contribution in [0.4, 0.5) is 5.69 Å². The van der Waals surface area contributed by atoms with Gasteiger partial charge in [-0.3, -0.25) is 4.79 Å². The van der Waals surface area contributed by atoms with Gasteiger partial charge in [0.05, 0.1) is 5.69 Å². The summed E-state index contributed by atoms with van der Waals surface area (Å²) in [6.45, 7) is 2.10. The summed E-state index contributed by atoms with van der Waals surface area (Å²) in [5.41, 5.74) is 1.57. The first kappa shape index (κ1) is 12.7. The van der Waals surface area contributed by atoms with Gasteiger partial charge in [-0.1, -0.05) is 0 Å². The minimum absolute atomic E-state index is 0.0621. The lowest BCUT2D eigenvalue weighted by Gasteiger charge is -2.37. The zero-order valence-corrected chi connectivity index (χ0v) is 10.8. The van der Waals surface area contributed by atoms with Crippen molar-refractivity contribution >= 4 is 11.6 Å². The highest BCUT2D eigenvalue weighted by Gasteiger charge is 2.29. The number of phenols is 2. The molecular weight excluding hydrogens is 232 g/mol. The molecule has 0 radical (unpaired) electrons. The van der Waals surface area contributed by atoms with Crippen LogP contribution in [0.15, 0.2) is 12.1 Å². The first-order valence-corrected chi connectivity index (χ1v) is 5.89. The number of carbonyl (C=O) groups excluding carboxylic acids is 1. The quantitative estimate of drug-likeness (QED) is 0.728.